The van der Waals surface area contributed by atoms with E-state index in [1.54, 1.807) is 41.3 Å². The Bertz CT molecular complexity index is 1360. The van der Waals surface area contributed by atoms with Crippen molar-refractivity contribution in [1.82, 2.24) is 9.78 Å². The van der Waals surface area contributed by atoms with Crippen LogP contribution in [0.1, 0.15) is 46.6 Å². The van der Waals surface area contributed by atoms with Crippen LogP contribution in [0.4, 0.5) is 30.2 Å². The maximum Gasteiger partial charge on any atom is 0.435 e. The monoisotopic (exact) mass is 495 g/mol. The molecule has 4 heterocycles. The van der Waals surface area contributed by atoms with E-state index in [1.807, 2.05) is 6.07 Å². The van der Waals surface area contributed by atoms with Crippen LogP contribution in [0.15, 0.2) is 42.5 Å². The molecule has 3 aliphatic heterocycles. The highest BCUT2D eigenvalue weighted by atomic mass is 19.4. The van der Waals surface area contributed by atoms with E-state index in [2.05, 4.69) is 10.4 Å². The van der Waals surface area contributed by atoms with Gasteiger partial charge in [-0.1, -0.05) is 6.07 Å². The van der Waals surface area contributed by atoms with Crippen LogP contribution >= 0.6 is 0 Å². The molecule has 36 heavy (non-hydrogen) atoms. The molecule has 0 saturated carbocycles. The normalized spacial score (nSPS) is 17.8. The number of piperidine rings is 1. The zero-order chi connectivity index (χ0) is 25.0. The van der Waals surface area contributed by atoms with E-state index in [0.29, 0.717) is 24.3 Å². The van der Waals surface area contributed by atoms with E-state index >= 15 is 0 Å². The summed E-state index contributed by atoms with van der Waals surface area (Å²) in [4.78, 5) is 29.1. The number of carbonyl (C=O) groups is 2. The molecule has 1 aromatic heterocycles. The van der Waals surface area contributed by atoms with Crippen molar-refractivity contribution in [1.29, 1.82) is 0 Å². The molecule has 0 spiro atoms. The van der Waals surface area contributed by atoms with Crippen LogP contribution in [-0.4, -0.2) is 41.2 Å². The Morgan fingerprint density at radius 3 is 2.28 bits per heavy atom. The predicted molar refractivity (Wildman–Crippen MR) is 129 cm³/mol. The summed E-state index contributed by atoms with van der Waals surface area (Å²) in [5.41, 5.74) is 2.49. The largest absolute Gasteiger partial charge is 0.435 e. The summed E-state index contributed by atoms with van der Waals surface area (Å²) in [5, 5.41) is 7.12. The number of fused-ring (bicyclic) bond motifs is 2. The molecule has 2 aromatic carbocycles. The van der Waals surface area contributed by atoms with E-state index in [9.17, 15) is 22.8 Å². The van der Waals surface area contributed by atoms with Gasteiger partial charge < -0.3 is 15.1 Å². The van der Waals surface area contributed by atoms with Crippen LogP contribution in [-0.2, 0) is 23.8 Å². The number of benzene rings is 2. The summed E-state index contributed by atoms with van der Waals surface area (Å²) >= 11 is 0. The summed E-state index contributed by atoms with van der Waals surface area (Å²) in [6.07, 6.45) is -1.47. The van der Waals surface area contributed by atoms with Crippen molar-refractivity contribution in [3.05, 3.63) is 65.0 Å². The number of rotatable bonds is 3. The summed E-state index contributed by atoms with van der Waals surface area (Å²) in [6, 6.07) is 12.4. The SMILES string of the molecule is O=C1CCCCN1c1ccc(N2CCc3c(C(F)(F)F)nn(-c4ccc5c(c4)NCC5)c3C2=O)cc1. The van der Waals surface area contributed by atoms with Crippen molar-refractivity contribution in [2.45, 2.75) is 38.3 Å². The zero-order valence-corrected chi connectivity index (χ0v) is 19.4. The van der Waals surface area contributed by atoms with Gasteiger partial charge in [-0.15, -0.1) is 0 Å². The number of alkyl halides is 3. The van der Waals surface area contributed by atoms with Crippen LogP contribution in [0.25, 0.3) is 5.69 Å². The number of nitrogens with one attached hydrogen (secondary N) is 1. The zero-order valence-electron chi connectivity index (χ0n) is 19.4. The molecule has 2 amide bonds. The highest BCUT2D eigenvalue weighted by molar-refractivity contribution is 6.08. The molecule has 186 valence electrons. The second kappa shape index (κ2) is 8.39. The van der Waals surface area contributed by atoms with Gasteiger partial charge in [0.1, 0.15) is 5.69 Å². The number of carbonyl (C=O) groups excluding carboxylic acids is 2. The molecular formula is C26H24F3N5O2. The first-order valence-electron chi connectivity index (χ1n) is 12.1. The Balaban J connectivity index is 1.37. The fourth-order valence-corrected chi connectivity index (χ4v) is 5.32. The van der Waals surface area contributed by atoms with E-state index in [1.165, 1.54) is 4.90 Å². The highest BCUT2D eigenvalue weighted by Gasteiger charge is 2.43. The summed E-state index contributed by atoms with van der Waals surface area (Å²) in [6.45, 7) is 1.52. The minimum atomic E-state index is -4.67. The summed E-state index contributed by atoms with van der Waals surface area (Å²) in [5.74, 6) is -0.463. The molecule has 1 fully saturated rings. The average Bonchev–Trinajstić information content (AvgIpc) is 3.49. The molecule has 0 aliphatic carbocycles. The Morgan fingerprint density at radius 2 is 1.56 bits per heavy atom. The fraction of sp³-hybridized carbons (Fsp3) is 0.346. The molecule has 0 unspecified atom stereocenters. The van der Waals surface area contributed by atoms with Crippen molar-refractivity contribution in [2.24, 2.45) is 0 Å². The van der Waals surface area contributed by atoms with E-state index in [4.69, 9.17) is 0 Å². The molecule has 6 rings (SSSR count). The number of aromatic nitrogens is 2. The van der Waals surface area contributed by atoms with Crippen molar-refractivity contribution < 1.29 is 22.8 Å². The van der Waals surface area contributed by atoms with Gasteiger partial charge in [0.2, 0.25) is 5.91 Å². The Kier molecular flexibility index (Phi) is 5.27. The molecule has 0 bridgehead atoms. The minimum Gasteiger partial charge on any atom is -0.384 e. The molecule has 1 saturated heterocycles. The third-order valence-corrected chi connectivity index (χ3v) is 7.13. The molecule has 1 N–H and O–H groups in total. The van der Waals surface area contributed by atoms with Crippen molar-refractivity contribution in [2.75, 3.05) is 34.8 Å². The van der Waals surface area contributed by atoms with Crippen molar-refractivity contribution in [3.8, 4) is 5.69 Å². The topological polar surface area (TPSA) is 70.5 Å². The Labute approximate surface area is 205 Å². The standard InChI is InChI=1S/C26H24F3N5O2/c27-26(28,29)24-20-11-14-33(18-8-6-17(7-9-18)32-13-2-1-3-22(32)35)25(36)23(20)34(31-24)19-5-4-16-10-12-30-21(16)15-19/h4-9,15,30H,1-3,10-14H2. The van der Waals surface area contributed by atoms with E-state index in [-0.39, 0.29) is 30.1 Å². The fourth-order valence-electron chi connectivity index (χ4n) is 5.32. The number of hydrogen-bond donors (Lipinski definition) is 1. The Hall–Kier alpha value is -3.82. The van der Waals surface area contributed by atoms with Gasteiger partial charge >= 0.3 is 6.18 Å². The van der Waals surface area contributed by atoms with Gasteiger partial charge in [-0.05, 0) is 67.6 Å². The van der Waals surface area contributed by atoms with Crippen molar-refractivity contribution >= 4 is 28.9 Å². The molecule has 3 aliphatic rings. The highest BCUT2D eigenvalue weighted by Crippen LogP contribution is 2.38. The number of halogens is 3. The average molecular weight is 496 g/mol. The number of anilines is 3. The lowest BCUT2D eigenvalue weighted by molar-refractivity contribution is -0.142. The lowest BCUT2D eigenvalue weighted by atomic mass is 10.0. The van der Waals surface area contributed by atoms with Gasteiger partial charge in [0.15, 0.2) is 5.69 Å². The van der Waals surface area contributed by atoms with Crippen LogP contribution < -0.4 is 15.1 Å². The van der Waals surface area contributed by atoms with Crippen LogP contribution in [0.5, 0.6) is 0 Å². The van der Waals surface area contributed by atoms with Crippen LogP contribution in [0.3, 0.4) is 0 Å². The molecule has 0 atom stereocenters. The Morgan fingerprint density at radius 1 is 0.833 bits per heavy atom. The maximum atomic E-state index is 13.9. The summed E-state index contributed by atoms with van der Waals surface area (Å²) in [7, 11) is 0. The van der Waals surface area contributed by atoms with E-state index < -0.39 is 17.8 Å². The third kappa shape index (κ3) is 3.71. The van der Waals surface area contributed by atoms with Gasteiger partial charge in [0.05, 0.1) is 5.69 Å². The summed E-state index contributed by atoms with van der Waals surface area (Å²) < 4.78 is 42.8. The number of nitrogens with zero attached hydrogens (tertiary/aromatic N) is 4. The van der Waals surface area contributed by atoms with E-state index in [0.717, 1.165) is 47.4 Å². The maximum absolute atomic E-state index is 13.9. The molecule has 7 nitrogen and oxygen atoms in total. The van der Waals surface area contributed by atoms with Gasteiger partial charge in [-0.2, -0.15) is 18.3 Å². The van der Waals surface area contributed by atoms with Gasteiger partial charge in [0.25, 0.3) is 5.91 Å². The van der Waals surface area contributed by atoms with Crippen LogP contribution in [0.2, 0.25) is 0 Å². The van der Waals surface area contributed by atoms with Gasteiger partial charge in [0, 0.05) is 48.7 Å². The number of hydrogen-bond acceptors (Lipinski definition) is 4. The molecule has 3 aromatic rings. The number of amides is 2. The second-order valence-corrected chi connectivity index (χ2v) is 9.33. The lowest BCUT2D eigenvalue weighted by Crippen LogP contribution is -2.39. The smallest absolute Gasteiger partial charge is 0.384 e. The first-order valence-corrected chi connectivity index (χ1v) is 12.1. The quantitative estimate of drug-likeness (QED) is 0.578. The lowest BCUT2D eigenvalue weighted by Gasteiger charge is -2.30. The molecule has 0 radical (unpaired) electrons. The predicted octanol–water partition coefficient (Wildman–Crippen LogP) is 4.58. The first kappa shape index (κ1) is 22.6. The van der Waals surface area contributed by atoms with Gasteiger partial charge in [-0.3, -0.25) is 9.59 Å². The molecular weight excluding hydrogens is 471 g/mol. The van der Waals surface area contributed by atoms with Crippen molar-refractivity contribution in [3.63, 3.8) is 0 Å². The second-order valence-electron chi connectivity index (χ2n) is 9.33. The van der Waals surface area contributed by atoms with Crippen LogP contribution in [0, 0.1) is 0 Å². The minimum absolute atomic E-state index is 0.0332. The van der Waals surface area contributed by atoms with Gasteiger partial charge in [-0.25, -0.2) is 4.68 Å². The molecule has 10 heteroatoms. The first-order chi connectivity index (χ1) is 17.3. The third-order valence-electron chi connectivity index (χ3n) is 7.13.